The molecule has 1 aromatic rings. The first-order valence-corrected chi connectivity index (χ1v) is 4.90. The monoisotopic (exact) mass is 223 g/mol. The third kappa shape index (κ3) is 2.36. The van der Waals surface area contributed by atoms with Crippen LogP contribution >= 0.6 is 0 Å². The molecule has 0 saturated carbocycles. The summed E-state index contributed by atoms with van der Waals surface area (Å²) in [7, 11) is 0. The van der Waals surface area contributed by atoms with Crippen LogP contribution in [0, 0.1) is 17.0 Å². The third-order valence-corrected chi connectivity index (χ3v) is 2.23. The Balaban J connectivity index is 3.38. The maximum atomic E-state index is 11.3. The second-order valence-corrected chi connectivity index (χ2v) is 3.36. The highest BCUT2D eigenvalue weighted by atomic mass is 16.6. The van der Waals surface area contributed by atoms with Crippen LogP contribution in [0.15, 0.2) is 12.1 Å². The van der Waals surface area contributed by atoms with E-state index in [-0.39, 0.29) is 11.5 Å². The van der Waals surface area contributed by atoms with Crippen LogP contribution in [0.2, 0.25) is 0 Å². The van der Waals surface area contributed by atoms with Crippen molar-refractivity contribution >= 4 is 11.5 Å². The number of hydrogen-bond donors (Lipinski definition) is 0. The van der Waals surface area contributed by atoms with Crippen molar-refractivity contribution in [3.05, 3.63) is 33.4 Å². The quantitative estimate of drug-likeness (QED) is 0.446. The molecule has 0 unspecified atom stereocenters. The van der Waals surface area contributed by atoms with Gasteiger partial charge in [-0.05, 0) is 20.8 Å². The highest BCUT2D eigenvalue weighted by Gasteiger charge is 2.17. The first-order chi connectivity index (χ1) is 7.47. The Kier molecular flexibility index (Phi) is 3.60. The average Bonchev–Trinajstić information content (AvgIpc) is 2.20. The predicted molar refractivity (Wildman–Crippen MR) is 59.0 cm³/mol. The Hall–Kier alpha value is -1.91. The van der Waals surface area contributed by atoms with Crippen molar-refractivity contribution < 1.29 is 14.5 Å². The molecule has 0 heterocycles. The van der Waals surface area contributed by atoms with Crippen LogP contribution in [0.1, 0.15) is 29.8 Å². The van der Waals surface area contributed by atoms with Gasteiger partial charge in [0.25, 0.3) is 5.69 Å². The minimum atomic E-state index is -0.533. The van der Waals surface area contributed by atoms with Gasteiger partial charge >= 0.3 is 0 Å². The number of ketones is 1. The number of Topliss-reactive ketones (excluding diaryl/α,β-unsaturated/α-hetero) is 1. The molecule has 0 fully saturated rings. The van der Waals surface area contributed by atoms with Gasteiger partial charge < -0.3 is 4.74 Å². The van der Waals surface area contributed by atoms with Gasteiger partial charge in [0.2, 0.25) is 0 Å². The fraction of sp³-hybridized carbons (Fsp3) is 0.364. The minimum absolute atomic E-state index is 0.126. The molecule has 0 atom stereocenters. The van der Waals surface area contributed by atoms with Crippen LogP contribution in [0.3, 0.4) is 0 Å². The highest BCUT2D eigenvalue weighted by Crippen LogP contribution is 2.28. The largest absolute Gasteiger partial charge is 0.493 e. The van der Waals surface area contributed by atoms with Gasteiger partial charge in [0.1, 0.15) is 5.75 Å². The topological polar surface area (TPSA) is 69.4 Å². The Morgan fingerprint density at radius 2 is 2.12 bits per heavy atom. The van der Waals surface area contributed by atoms with E-state index < -0.39 is 4.92 Å². The summed E-state index contributed by atoms with van der Waals surface area (Å²) in [5.41, 5.74) is 0.844. The summed E-state index contributed by atoms with van der Waals surface area (Å²) in [6, 6.07) is 2.62. The molecular formula is C11H13NO4. The van der Waals surface area contributed by atoms with Gasteiger partial charge in [-0.3, -0.25) is 14.9 Å². The lowest BCUT2D eigenvalue weighted by atomic mass is 10.0. The lowest BCUT2D eigenvalue weighted by Crippen LogP contribution is -2.03. The summed E-state index contributed by atoms with van der Waals surface area (Å²) in [5, 5.41) is 10.7. The molecule has 86 valence electrons. The van der Waals surface area contributed by atoms with Crippen molar-refractivity contribution in [2.24, 2.45) is 0 Å². The smallest absolute Gasteiger partial charge is 0.273 e. The molecule has 0 radical (unpaired) electrons. The fourth-order valence-corrected chi connectivity index (χ4v) is 1.45. The second-order valence-electron chi connectivity index (χ2n) is 3.36. The molecule has 1 aromatic carbocycles. The third-order valence-electron chi connectivity index (χ3n) is 2.23. The summed E-state index contributed by atoms with van der Waals surface area (Å²) in [6.45, 7) is 5.28. The van der Waals surface area contributed by atoms with E-state index in [0.29, 0.717) is 23.5 Å². The number of non-ortho nitro benzene ring substituents is 1. The molecule has 5 heteroatoms. The number of ether oxygens (including phenoxy) is 1. The Bertz CT molecular complexity index is 440. The number of rotatable bonds is 4. The SMILES string of the molecule is CCOc1cc([N+](=O)[O-])cc(C(C)=O)c1C. The summed E-state index contributed by atoms with van der Waals surface area (Å²) in [4.78, 5) is 21.5. The van der Waals surface area contributed by atoms with Crippen LogP contribution in [0.25, 0.3) is 0 Å². The van der Waals surface area contributed by atoms with Crippen LogP contribution in [-0.4, -0.2) is 17.3 Å². The van der Waals surface area contributed by atoms with Crippen LogP contribution in [0.4, 0.5) is 5.69 Å². The minimum Gasteiger partial charge on any atom is -0.493 e. The fourth-order valence-electron chi connectivity index (χ4n) is 1.45. The lowest BCUT2D eigenvalue weighted by molar-refractivity contribution is -0.385. The first kappa shape index (κ1) is 12.2. The normalized spacial score (nSPS) is 9.94. The van der Waals surface area contributed by atoms with E-state index in [1.807, 2.05) is 0 Å². The van der Waals surface area contributed by atoms with Gasteiger partial charge in [0.05, 0.1) is 17.6 Å². The van der Waals surface area contributed by atoms with Crippen LogP contribution in [-0.2, 0) is 0 Å². The van der Waals surface area contributed by atoms with Gasteiger partial charge in [-0.15, -0.1) is 0 Å². The molecule has 0 bridgehead atoms. The van der Waals surface area contributed by atoms with E-state index in [9.17, 15) is 14.9 Å². The molecular weight excluding hydrogens is 210 g/mol. The first-order valence-electron chi connectivity index (χ1n) is 4.90. The molecule has 0 aliphatic heterocycles. The molecule has 0 spiro atoms. The van der Waals surface area contributed by atoms with E-state index in [1.165, 1.54) is 19.1 Å². The van der Waals surface area contributed by atoms with Crippen molar-refractivity contribution in [2.75, 3.05) is 6.61 Å². The van der Waals surface area contributed by atoms with Gasteiger partial charge in [-0.25, -0.2) is 0 Å². The summed E-state index contributed by atoms with van der Waals surface area (Å²) in [6.07, 6.45) is 0. The van der Waals surface area contributed by atoms with E-state index in [2.05, 4.69) is 0 Å². The number of nitro groups is 1. The van der Waals surface area contributed by atoms with Crippen LogP contribution in [0.5, 0.6) is 5.75 Å². The summed E-state index contributed by atoms with van der Waals surface area (Å²) >= 11 is 0. The number of benzene rings is 1. The zero-order valence-corrected chi connectivity index (χ0v) is 9.44. The number of hydrogen-bond acceptors (Lipinski definition) is 4. The van der Waals surface area contributed by atoms with E-state index in [1.54, 1.807) is 13.8 Å². The van der Waals surface area contributed by atoms with Crippen molar-refractivity contribution in [1.29, 1.82) is 0 Å². The Morgan fingerprint density at radius 1 is 1.50 bits per heavy atom. The lowest BCUT2D eigenvalue weighted by Gasteiger charge is -2.09. The number of carbonyl (C=O) groups excluding carboxylic acids is 1. The molecule has 0 aromatic heterocycles. The van der Waals surface area contributed by atoms with Crippen LogP contribution < -0.4 is 4.74 Å². The molecule has 16 heavy (non-hydrogen) atoms. The zero-order chi connectivity index (χ0) is 12.3. The number of nitro benzene ring substituents is 1. The maximum absolute atomic E-state index is 11.3. The van der Waals surface area contributed by atoms with Gasteiger partial charge in [0, 0.05) is 17.2 Å². The standard InChI is InChI=1S/C11H13NO4/c1-4-16-11-6-9(12(14)15)5-10(7(11)2)8(3)13/h5-6H,4H2,1-3H3. The molecule has 0 saturated heterocycles. The predicted octanol–water partition coefficient (Wildman–Crippen LogP) is 2.50. The molecule has 0 aliphatic rings. The van der Waals surface area contributed by atoms with E-state index in [4.69, 9.17) is 4.74 Å². The van der Waals surface area contributed by atoms with E-state index in [0.717, 1.165) is 0 Å². The summed E-state index contributed by atoms with van der Waals surface area (Å²) < 4.78 is 5.26. The van der Waals surface area contributed by atoms with Crippen molar-refractivity contribution in [2.45, 2.75) is 20.8 Å². The van der Waals surface area contributed by atoms with Crippen molar-refractivity contribution in [1.82, 2.24) is 0 Å². The summed E-state index contributed by atoms with van der Waals surface area (Å²) in [5.74, 6) is 0.184. The van der Waals surface area contributed by atoms with Gasteiger partial charge in [-0.2, -0.15) is 0 Å². The van der Waals surface area contributed by atoms with Gasteiger partial charge in [-0.1, -0.05) is 0 Å². The number of nitrogens with zero attached hydrogens (tertiary/aromatic N) is 1. The molecule has 0 amide bonds. The maximum Gasteiger partial charge on any atom is 0.273 e. The molecule has 0 aliphatic carbocycles. The number of carbonyl (C=O) groups is 1. The molecule has 0 N–H and O–H groups in total. The Morgan fingerprint density at radius 3 is 2.56 bits per heavy atom. The van der Waals surface area contributed by atoms with Gasteiger partial charge in [0.15, 0.2) is 5.78 Å². The highest BCUT2D eigenvalue weighted by molar-refractivity contribution is 5.96. The van der Waals surface area contributed by atoms with Crippen molar-refractivity contribution in [3.8, 4) is 5.75 Å². The van der Waals surface area contributed by atoms with E-state index >= 15 is 0 Å². The van der Waals surface area contributed by atoms with Crippen molar-refractivity contribution in [3.63, 3.8) is 0 Å². The molecule has 1 rings (SSSR count). The zero-order valence-electron chi connectivity index (χ0n) is 9.44. The average molecular weight is 223 g/mol. The molecule has 5 nitrogen and oxygen atoms in total. The second kappa shape index (κ2) is 4.74. The Labute approximate surface area is 93.2 Å².